The Morgan fingerprint density at radius 1 is 1.00 bits per heavy atom. The van der Waals surface area contributed by atoms with E-state index in [2.05, 4.69) is 16.0 Å². The minimum absolute atomic E-state index is 0.347. The molecule has 8 nitrogen and oxygen atoms in total. The molecule has 1 rings (SSSR count). The lowest BCUT2D eigenvalue weighted by Crippen LogP contribution is -2.31. The van der Waals surface area contributed by atoms with Crippen molar-refractivity contribution < 1.29 is 23.8 Å². The monoisotopic (exact) mass is 353 g/mol. The smallest absolute Gasteiger partial charge is 0.319 e. The van der Waals surface area contributed by atoms with E-state index in [9.17, 15) is 9.59 Å². The molecule has 25 heavy (non-hydrogen) atoms. The summed E-state index contributed by atoms with van der Waals surface area (Å²) in [6.07, 6.45) is 1.27. The molecular weight excluding hydrogens is 326 g/mol. The molecule has 1 aromatic rings. The summed E-state index contributed by atoms with van der Waals surface area (Å²) in [5.41, 5.74) is 0.541. The zero-order valence-electron chi connectivity index (χ0n) is 15.0. The first-order valence-corrected chi connectivity index (χ1v) is 8.44. The van der Waals surface area contributed by atoms with Gasteiger partial charge in [0.2, 0.25) is 12.2 Å². The number of ether oxygens (including phenoxy) is 3. The fourth-order valence-corrected chi connectivity index (χ4v) is 2.09. The van der Waals surface area contributed by atoms with Gasteiger partial charge in [-0.25, -0.2) is 4.79 Å². The number of anilines is 1. The van der Waals surface area contributed by atoms with Crippen molar-refractivity contribution in [3.63, 3.8) is 0 Å². The molecule has 0 aliphatic rings. The second-order valence-electron chi connectivity index (χ2n) is 4.91. The van der Waals surface area contributed by atoms with Crippen LogP contribution in [0.5, 0.6) is 17.2 Å². The highest BCUT2D eigenvalue weighted by Crippen LogP contribution is 2.40. The molecule has 1 aromatic carbocycles. The number of rotatable bonds is 12. The fourth-order valence-electron chi connectivity index (χ4n) is 2.09. The summed E-state index contributed by atoms with van der Waals surface area (Å²) in [6.45, 7) is 7.98. The van der Waals surface area contributed by atoms with E-state index in [4.69, 9.17) is 14.2 Å². The van der Waals surface area contributed by atoms with Crippen molar-refractivity contribution in [1.82, 2.24) is 10.6 Å². The first-order chi connectivity index (χ1) is 12.2. The van der Waals surface area contributed by atoms with Crippen LogP contribution in [0, 0.1) is 0 Å². The molecule has 0 saturated carbocycles. The molecule has 0 atom stereocenters. The second kappa shape index (κ2) is 11.8. The minimum atomic E-state index is -0.347. The molecule has 8 heteroatoms. The lowest BCUT2D eigenvalue weighted by Gasteiger charge is -2.17. The van der Waals surface area contributed by atoms with Gasteiger partial charge in [-0.3, -0.25) is 4.79 Å². The third-order valence-electron chi connectivity index (χ3n) is 3.03. The summed E-state index contributed by atoms with van der Waals surface area (Å²) in [4.78, 5) is 22.1. The first kappa shape index (κ1) is 20.4. The van der Waals surface area contributed by atoms with E-state index < -0.39 is 0 Å². The van der Waals surface area contributed by atoms with Gasteiger partial charge in [0.15, 0.2) is 11.5 Å². The van der Waals surface area contributed by atoms with E-state index in [-0.39, 0.29) is 6.03 Å². The number of nitrogens with one attached hydrogen (secondary N) is 3. The maximum absolute atomic E-state index is 12.0. The lowest BCUT2D eigenvalue weighted by molar-refractivity contribution is -0.109. The zero-order valence-corrected chi connectivity index (χ0v) is 15.0. The van der Waals surface area contributed by atoms with Crippen molar-refractivity contribution in [3.05, 3.63) is 12.1 Å². The van der Waals surface area contributed by atoms with E-state index in [0.29, 0.717) is 68.7 Å². The van der Waals surface area contributed by atoms with E-state index in [1.165, 1.54) is 0 Å². The summed E-state index contributed by atoms with van der Waals surface area (Å²) in [5.74, 6) is 1.55. The zero-order chi connectivity index (χ0) is 18.5. The Bertz CT molecular complexity index is 524. The standard InChI is InChI=1S/C17H27N3O5/c1-4-23-14-10-13(11-15(24-5-2)16(14)25-6-3)20-17(22)19-9-7-8-18-12-21/h10-12H,4-9H2,1-3H3,(H,18,21)(H2,19,20,22). The van der Waals surface area contributed by atoms with Crippen molar-refractivity contribution in [3.8, 4) is 17.2 Å². The van der Waals surface area contributed by atoms with Gasteiger partial charge in [-0.1, -0.05) is 0 Å². The molecule has 3 N–H and O–H groups in total. The number of amides is 3. The van der Waals surface area contributed by atoms with Gasteiger partial charge in [0.25, 0.3) is 0 Å². The average Bonchev–Trinajstić information content (AvgIpc) is 2.58. The highest BCUT2D eigenvalue weighted by atomic mass is 16.5. The van der Waals surface area contributed by atoms with Gasteiger partial charge in [0.1, 0.15) is 0 Å². The van der Waals surface area contributed by atoms with Crippen molar-refractivity contribution in [2.24, 2.45) is 0 Å². The predicted octanol–water partition coefficient (Wildman–Crippen LogP) is 2.14. The molecule has 0 aromatic heterocycles. The summed E-state index contributed by atoms with van der Waals surface area (Å²) in [7, 11) is 0. The molecule has 0 saturated heterocycles. The molecule has 0 spiro atoms. The summed E-state index contributed by atoms with van der Waals surface area (Å²) < 4.78 is 16.8. The predicted molar refractivity (Wildman–Crippen MR) is 95.7 cm³/mol. The normalized spacial score (nSPS) is 9.88. The van der Waals surface area contributed by atoms with Gasteiger partial charge in [-0.15, -0.1) is 0 Å². The number of hydrogen-bond donors (Lipinski definition) is 3. The summed E-state index contributed by atoms with van der Waals surface area (Å²) >= 11 is 0. The van der Waals surface area contributed by atoms with Crippen LogP contribution in [-0.4, -0.2) is 45.4 Å². The quantitative estimate of drug-likeness (QED) is 0.395. The molecule has 0 radical (unpaired) electrons. The van der Waals surface area contributed by atoms with E-state index >= 15 is 0 Å². The molecule has 0 fully saturated rings. The van der Waals surface area contributed by atoms with Gasteiger partial charge in [-0.05, 0) is 27.2 Å². The van der Waals surface area contributed by atoms with Crippen LogP contribution in [-0.2, 0) is 4.79 Å². The second-order valence-corrected chi connectivity index (χ2v) is 4.91. The Hall–Kier alpha value is -2.64. The number of benzene rings is 1. The molecule has 3 amide bonds. The van der Waals surface area contributed by atoms with Crippen LogP contribution in [0.4, 0.5) is 10.5 Å². The Morgan fingerprint density at radius 3 is 2.12 bits per heavy atom. The Kier molecular flexibility index (Phi) is 9.65. The number of carbonyl (C=O) groups excluding carboxylic acids is 2. The van der Waals surface area contributed by atoms with Gasteiger partial charge in [0.05, 0.1) is 25.5 Å². The summed E-state index contributed by atoms with van der Waals surface area (Å²) in [6, 6.07) is 3.05. The van der Waals surface area contributed by atoms with E-state index in [1.54, 1.807) is 12.1 Å². The average molecular weight is 353 g/mol. The summed E-state index contributed by atoms with van der Waals surface area (Å²) in [5, 5.41) is 7.99. The Labute approximate surface area is 148 Å². The van der Waals surface area contributed by atoms with Crippen LogP contribution in [0.25, 0.3) is 0 Å². The first-order valence-electron chi connectivity index (χ1n) is 8.44. The Morgan fingerprint density at radius 2 is 1.60 bits per heavy atom. The van der Waals surface area contributed by atoms with Crippen molar-refractivity contribution in [2.75, 3.05) is 38.2 Å². The number of carbonyl (C=O) groups is 2. The molecule has 0 aliphatic heterocycles. The molecule has 0 bridgehead atoms. The van der Waals surface area contributed by atoms with Crippen LogP contribution >= 0.6 is 0 Å². The molecule has 140 valence electrons. The van der Waals surface area contributed by atoms with Crippen molar-refractivity contribution >= 4 is 18.1 Å². The molecule has 0 heterocycles. The van der Waals surface area contributed by atoms with Gasteiger partial charge < -0.3 is 30.2 Å². The third kappa shape index (κ3) is 7.19. The lowest BCUT2D eigenvalue weighted by atomic mass is 10.2. The third-order valence-corrected chi connectivity index (χ3v) is 3.03. The highest BCUT2D eigenvalue weighted by molar-refractivity contribution is 5.90. The Balaban J connectivity index is 2.80. The number of urea groups is 1. The van der Waals surface area contributed by atoms with Crippen molar-refractivity contribution in [2.45, 2.75) is 27.2 Å². The SMILES string of the molecule is CCOc1cc(NC(=O)NCCCNC=O)cc(OCC)c1OCC. The van der Waals surface area contributed by atoms with Gasteiger partial charge in [0, 0.05) is 25.2 Å². The fraction of sp³-hybridized carbons (Fsp3) is 0.529. The topological polar surface area (TPSA) is 97.9 Å². The van der Waals surface area contributed by atoms with Crippen LogP contribution in [0.3, 0.4) is 0 Å². The van der Waals surface area contributed by atoms with Crippen LogP contribution < -0.4 is 30.2 Å². The maximum Gasteiger partial charge on any atom is 0.319 e. The minimum Gasteiger partial charge on any atom is -0.490 e. The van der Waals surface area contributed by atoms with E-state index in [1.807, 2.05) is 20.8 Å². The molecular formula is C17H27N3O5. The van der Waals surface area contributed by atoms with Gasteiger partial charge in [-0.2, -0.15) is 0 Å². The molecule has 0 aliphatic carbocycles. The van der Waals surface area contributed by atoms with Crippen LogP contribution in [0.2, 0.25) is 0 Å². The largest absolute Gasteiger partial charge is 0.490 e. The van der Waals surface area contributed by atoms with Gasteiger partial charge >= 0.3 is 6.03 Å². The van der Waals surface area contributed by atoms with Crippen LogP contribution in [0.1, 0.15) is 27.2 Å². The van der Waals surface area contributed by atoms with Crippen molar-refractivity contribution in [1.29, 1.82) is 0 Å². The number of hydrogen-bond acceptors (Lipinski definition) is 5. The van der Waals surface area contributed by atoms with E-state index in [0.717, 1.165) is 0 Å². The van der Waals surface area contributed by atoms with Crippen LogP contribution in [0.15, 0.2) is 12.1 Å². The highest BCUT2D eigenvalue weighted by Gasteiger charge is 2.16. The molecule has 0 unspecified atom stereocenters. The maximum atomic E-state index is 12.0.